The van der Waals surface area contributed by atoms with Crippen molar-refractivity contribution in [2.75, 3.05) is 25.0 Å². The van der Waals surface area contributed by atoms with Crippen LogP contribution < -0.4 is 16.2 Å². The van der Waals surface area contributed by atoms with Crippen LogP contribution in [-0.2, 0) is 21.0 Å². The number of sulfonamides is 1. The molecule has 8 nitrogen and oxygen atoms in total. The molecule has 0 radical (unpaired) electrons. The number of nitrogens with zero attached hydrogens (tertiary/aromatic N) is 1. The molecule has 2 amide bonds. The molecule has 2 aromatic rings. The second kappa shape index (κ2) is 10.5. The Morgan fingerprint density at radius 3 is 2.25 bits per heavy atom. The number of carbonyl (C=O) groups excluding carboxylic acids is 2. The van der Waals surface area contributed by atoms with Gasteiger partial charge in [0.15, 0.2) is 0 Å². The van der Waals surface area contributed by atoms with Gasteiger partial charge in [-0.25, -0.2) is 8.42 Å². The average Bonchev–Trinajstić information content (AvgIpc) is 2.76. The van der Waals surface area contributed by atoms with Crippen LogP contribution in [0.2, 0.25) is 0 Å². The monoisotopic (exact) mass is 472 g/mol. The highest BCUT2D eigenvalue weighted by molar-refractivity contribution is 7.89. The largest absolute Gasteiger partial charge is 0.416 e. The SMILES string of the molecule is CCN(CC)S(=O)(=O)c1cccc(C(=O)NNC(=O)CNc2cccc(C(F)(F)F)c2)c1. The third-order valence-electron chi connectivity index (χ3n) is 4.40. The number of hydrogen-bond acceptors (Lipinski definition) is 5. The van der Waals surface area contributed by atoms with Crippen molar-refractivity contribution in [3.63, 3.8) is 0 Å². The summed E-state index contributed by atoms with van der Waals surface area (Å²) in [4.78, 5) is 24.1. The molecule has 0 aliphatic rings. The van der Waals surface area contributed by atoms with Crippen LogP contribution in [0.4, 0.5) is 18.9 Å². The van der Waals surface area contributed by atoms with Gasteiger partial charge in [0, 0.05) is 24.3 Å². The highest BCUT2D eigenvalue weighted by Crippen LogP contribution is 2.30. The van der Waals surface area contributed by atoms with E-state index in [4.69, 9.17) is 0 Å². The number of rotatable bonds is 8. The molecule has 0 unspecified atom stereocenters. The van der Waals surface area contributed by atoms with Crippen molar-refractivity contribution in [2.24, 2.45) is 0 Å². The molecule has 3 N–H and O–H groups in total. The fourth-order valence-corrected chi connectivity index (χ4v) is 4.25. The van der Waals surface area contributed by atoms with Crippen LogP contribution in [0.25, 0.3) is 0 Å². The van der Waals surface area contributed by atoms with Crippen molar-refractivity contribution in [2.45, 2.75) is 24.9 Å². The normalized spacial score (nSPS) is 11.8. The van der Waals surface area contributed by atoms with E-state index in [1.54, 1.807) is 13.8 Å². The molecule has 32 heavy (non-hydrogen) atoms. The minimum atomic E-state index is -4.51. The van der Waals surface area contributed by atoms with Crippen molar-refractivity contribution in [3.05, 3.63) is 59.7 Å². The summed E-state index contributed by atoms with van der Waals surface area (Å²) in [7, 11) is -3.77. The number of alkyl halides is 3. The summed E-state index contributed by atoms with van der Waals surface area (Å²) in [6.07, 6.45) is -4.51. The number of benzene rings is 2. The number of hydrogen-bond donors (Lipinski definition) is 3. The molecule has 2 aromatic carbocycles. The Hall–Kier alpha value is -3.12. The number of carbonyl (C=O) groups is 2. The Labute approximate surface area is 183 Å². The summed E-state index contributed by atoms with van der Waals surface area (Å²) < 4.78 is 64.6. The van der Waals surface area contributed by atoms with Crippen LogP contribution in [0, 0.1) is 0 Å². The second-order valence-corrected chi connectivity index (χ2v) is 8.49. The van der Waals surface area contributed by atoms with Gasteiger partial charge in [-0.1, -0.05) is 26.0 Å². The van der Waals surface area contributed by atoms with Gasteiger partial charge >= 0.3 is 6.18 Å². The highest BCUT2D eigenvalue weighted by atomic mass is 32.2. The van der Waals surface area contributed by atoms with Crippen molar-refractivity contribution in [3.8, 4) is 0 Å². The fourth-order valence-electron chi connectivity index (χ4n) is 2.74. The lowest BCUT2D eigenvalue weighted by molar-refractivity contribution is -0.137. The van der Waals surface area contributed by atoms with Gasteiger partial charge in [0.2, 0.25) is 10.0 Å². The molecule has 0 heterocycles. The third kappa shape index (κ3) is 6.44. The molecule has 0 atom stereocenters. The zero-order chi connectivity index (χ0) is 23.9. The second-order valence-electron chi connectivity index (χ2n) is 6.55. The molecule has 12 heteroatoms. The predicted molar refractivity (Wildman–Crippen MR) is 112 cm³/mol. The van der Waals surface area contributed by atoms with E-state index in [2.05, 4.69) is 16.2 Å². The van der Waals surface area contributed by atoms with Gasteiger partial charge in [0.25, 0.3) is 11.8 Å². The van der Waals surface area contributed by atoms with Gasteiger partial charge in [0.05, 0.1) is 17.0 Å². The van der Waals surface area contributed by atoms with Gasteiger partial charge in [0.1, 0.15) is 0 Å². The van der Waals surface area contributed by atoms with E-state index in [0.29, 0.717) is 0 Å². The molecule has 0 saturated carbocycles. The van der Waals surface area contributed by atoms with Crippen molar-refractivity contribution in [1.29, 1.82) is 0 Å². The number of hydrazine groups is 1. The first-order valence-electron chi connectivity index (χ1n) is 9.59. The summed E-state index contributed by atoms with van der Waals surface area (Å²) in [5.74, 6) is -1.48. The first-order valence-corrected chi connectivity index (χ1v) is 11.0. The summed E-state index contributed by atoms with van der Waals surface area (Å²) in [5.41, 5.74) is 3.47. The van der Waals surface area contributed by atoms with E-state index in [9.17, 15) is 31.2 Å². The number of halogens is 3. The Morgan fingerprint density at radius 1 is 0.969 bits per heavy atom. The van der Waals surface area contributed by atoms with E-state index in [1.807, 2.05) is 0 Å². The number of amides is 2. The van der Waals surface area contributed by atoms with E-state index >= 15 is 0 Å². The van der Waals surface area contributed by atoms with E-state index in [-0.39, 0.29) is 29.2 Å². The standard InChI is InChI=1S/C20H23F3N4O4S/c1-3-27(4-2)32(30,31)17-10-5-7-14(11-17)19(29)26-25-18(28)13-24-16-9-6-8-15(12-16)20(21,22)23/h5-12,24H,3-4,13H2,1-2H3,(H,25,28)(H,26,29). The molecule has 0 aromatic heterocycles. The van der Waals surface area contributed by atoms with Gasteiger partial charge in [-0.3, -0.25) is 20.4 Å². The molecule has 0 bridgehead atoms. The smallest absolute Gasteiger partial charge is 0.376 e. The Morgan fingerprint density at radius 2 is 1.62 bits per heavy atom. The molecule has 2 rings (SSSR count). The Bertz CT molecular complexity index is 1070. The number of nitrogens with one attached hydrogen (secondary N) is 3. The lowest BCUT2D eigenvalue weighted by atomic mass is 10.2. The third-order valence-corrected chi connectivity index (χ3v) is 6.44. The van der Waals surface area contributed by atoms with Gasteiger partial charge < -0.3 is 5.32 Å². The molecule has 0 spiro atoms. The van der Waals surface area contributed by atoms with Gasteiger partial charge in [-0.15, -0.1) is 0 Å². The van der Waals surface area contributed by atoms with Gasteiger partial charge in [-0.05, 0) is 36.4 Å². The number of anilines is 1. The first kappa shape index (κ1) is 25.1. The molecule has 0 saturated heterocycles. The predicted octanol–water partition coefficient (Wildman–Crippen LogP) is 2.61. The maximum absolute atomic E-state index is 12.7. The van der Waals surface area contributed by atoms with Crippen LogP contribution in [-0.4, -0.2) is 44.2 Å². The minimum absolute atomic E-state index is 0.00405. The van der Waals surface area contributed by atoms with Crippen LogP contribution in [0.1, 0.15) is 29.8 Å². The molecular weight excluding hydrogens is 449 g/mol. The first-order chi connectivity index (χ1) is 15.0. The Kier molecular flexibility index (Phi) is 8.22. The molecular formula is C20H23F3N4O4S. The lowest BCUT2D eigenvalue weighted by Crippen LogP contribution is -2.44. The van der Waals surface area contributed by atoms with Crippen LogP contribution in [0.3, 0.4) is 0 Å². The highest BCUT2D eigenvalue weighted by Gasteiger charge is 2.30. The lowest BCUT2D eigenvalue weighted by Gasteiger charge is -2.18. The Balaban J connectivity index is 1.96. The molecule has 174 valence electrons. The summed E-state index contributed by atoms with van der Waals surface area (Å²) in [6, 6.07) is 9.66. The fraction of sp³-hybridized carbons (Fsp3) is 0.300. The van der Waals surface area contributed by atoms with Crippen molar-refractivity contribution in [1.82, 2.24) is 15.2 Å². The average molecular weight is 472 g/mol. The van der Waals surface area contributed by atoms with Gasteiger partial charge in [-0.2, -0.15) is 17.5 Å². The zero-order valence-electron chi connectivity index (χ0n) is 17.4. The van der Waals surface area contributed by atoms with Crippen molar-refractivity contribution >= 4 is 27.5 Å². The minimum Gasteiger partial charge on any atom is -0.376 e. The van der Waals surface area contributed by atoms with E-state index in [1.165, 1.54) is 40.7 Å². The quantitative estimate of drug-likeness (QED) is 0.512. The summed E-state index contributed by atoms with van der Waals surface area (Å²) in [5, 5.41) is 2.53. The molecule has 0 aliphatic carbocycles. The summed E-state index contributed by atoms with van der Waals surface area (Å²) in [6.45, 7) is 3.52. The molecule has 0 aliphatic heterocycles. The van der Waals surface area contributed by atoms with Crippen molar-refractivity contribution < 1.29 is 31.2 Å². The van der Waals surface area contributed by atoms with Crippen LogP contribution >= 0.6 is 0 Å². The molecule has 0 fully saturated rings. The maximum atomic E-state index is 12.7. The van der Waals surface area contributed by atoms with Crippen LogP contribution in [0.15, 0.2) is 53.4 Å². The van der Waals surface area contributed by atoms with Crippen LogP contribution in [0.5, 0.6) is 0 Å². The maximum Gasteiger partial charge on any atom is 0.416 e. The van der Waals surface area contributed by atoms with E-state index in [0.717, 1.165) is 12.1 Å². The topological polar surface area (TPSA) is 108 Å². The van der Waals surface area contributed by atoms with E-state index < -0.39 is 40.1 Å². The zero-order valence-corrected chi connectivity index (χ0v) is 18.2. The summed E-state index contributed by atoms with van der Waals surface area (Å²) >= 11 is 0.